The smallest absolute Gasteiger partial charge is 0.137 e. The number of benzene rings is 2. The first-order valence-corrected chi connectivity index (χ1v) is 7.06. The van der Waals surface area contributed by atoms with Gasteiger partial charge in [-0.05, 0) is 18.1 Å². The number of pyridine rings is 1. The molecule has 0 spiro atoms. The van der Waals surface area contributed by atoms with Crippen molar-refractivity contribution in [3.8, 4) is 0 Å². The molecule has 3 aromatic rings. The van der Waals surface area contributed by atoms with E-state index in [0.717, 1.165) is 11.6 Å². The molecule has 3 rings (SSSR count). The molecule has 0 saturated carbocycles. The Morgan fingerprint density at radius 3 is 2.50 bits per heavy atom. The molecule has 0 radical (unpaired) electrons. The zero-order valence-electron chi connectivity index (χ0n) is 11.8. The zero-order valence-corrected chi connectivity index (χ0v) is 12.6. The molecule has 0 N–H and O–H groups in total. The molecule has 0 fully saturated rings. The van der Waals surface area contributed by atoms with Gasteiger partial charge in [0, 0.05) is 17.7 Å². The largest absolute Gasteiger partial charge is 0.247 e. The van der Waals surface area contributed by atoms with Crippen LogP contribution in [0.25, 0.3) is 16.5 Å². The van der Waals surface area contributed by atoms with Gasteiger partial charge in [-0.15, -0.1) is 0 Å². The Kier molecular flexibility index (Phi) is 3.67. The van der Waals surface area contributed by atoms with Crippen LogP contribution in [0.5, 0.6) is 0 Å². The predicted molar refractivity (Wildman–Crippen MR) is 86.0 cm³/mol. The zero-order chi connectivity index (χ0) is 15.9. The van der Waals surface area contributed by atoms with E-state index in [4.69, 9.17) is 11.6 Å². The van der Waals surface area contributed by atoms with Crippen LogP contribution in [0.15, 0.2) is 49.0 Å². The number of hydrogen-bond donors (Lipinski definition) is 0. The van der Waals surface area contributed by atoms with Crippen molar-refractivity contribution in [3.63, 3.8) is 0 Å². The van der Waals surface area contributed by atoms with Crippen molar-refractivity contribution in [1.29, 1.82) is 0 Å². The fourth-order valence-electron chi connectivity index (χ4n) is 2.43. The summed E-state index contributed by atoms with van der Waals surface area (Å²) in [6.45, 7) is 5.79. The van der Waals surface area contributed by atoms with E-state index >= 15 is 0 Å². The van der Waals surface area contributed by atoms with E-state index in [-0.39, 0.29) is 15.9 Å². The lowest BCUT2D eigenvalue weighted by Crippen LogP contribution is -1.99. The first kappa shape index (κ1) is 14.7. The molecule has 1 aromatic heterocycles. The first-order chi connectivity index (χ1) is 10.5. The van der Waals surface area contributed by atoms with Crippen molar-refractivity contribution in [2.75, 3.05) is 0 Å². The highest BCUT2D eigenvalue weighted by molar-refractivity contribution is 6.36. The van der Waals surface area contributed by atoms with Gasteiger partial charge in [0.15, 0.2) is 0 Å². The van der Waals surface area contributed by atoms with Crippen molar-refractivity contribution in [2.45, 2.75) is 6.92 Å². The van der Waals surface area contributed by atoms with Crippen LogP contribution in [0, 0.1) is 18.6 Å². The Morgan fingerprint density at radius 1 is 1.14 bits per heavy atom. The van der Waals surface area contributed by atoms with Crippen LogP contribution in [0.3, 0.4) is 0 Å². The molecule has 0 aliphatic heterocycles. The summed E-state index contributed by atoms with van der Waals surface area (Å²) in [7, 11) is 0. The monoisotopic (exact) mass is 315 g/mol. The van der Waals surface area contributed by atoms with Gasteiger partial charge in [-0.25, -0.2) is 13.8 Å². The number of nitrogens with zero attached hydrogens (tertiary/aromatic N) is 1. The molecular weight excluding hydrogens is 304 g/mol. The van der Waals surface area contributed by atoms with Crippen molar-refractivity contribution in [1.82, 2.24) is 4.98 Å². The Bertz CT molecular complexity index is 889. The average Bonchev–Trinajstić information content (AvgIpc) is 2.50. The Hall–Kier alpha value is -2.26. The highest BCUT2D eigenvalue weighted by atomic mass is 35.5. The number of hydrogen-bond acceptors (Lipinski definition) is 1. The second kappa shape index (κ2) is 5.50. The fourth-order valence-corrected chi connectivity index (χ4v) is 2.71. The van der Waals surface area contributed by atoms with Gasteiger partial charge >= 0.3 is 0 Å². The number of rotatable bonds is 2. The van der Waals surface area contributed by atoms with Crippen molar-refractivity contribution >= 4 is 28.1 Å². The minimum absolute atomic E-state index is 0.130. The molecule has 0 amide bonds. The fraction of sp³-hybridized carbons (Fsp3) is 0.0556. The quantitative estimate of drug-likeness (QED) is 0.605. The summed E-state index contributed by atoms with van der Waals surface area (Å²) in [6, 6.07) is 11.4. The lowest BCUT2D eigenvalue weighted by Gasteiger charge is -2.13. The number of fused-ring (bicyclic) bond motifs is 1. The highest BCUT2D eigenvalue weighted by Gasteiger charge is 2.17. The Morgan fingerprint density at radius 2 is 1.82 bits per heavy atom. The molecule has 0 saturated heterocycles. The van der Waals surface area contributed by atoms with E-state index in [9.17, 15) is 8.78 Å². The van der Waals surface area contributed by atoms with Gasteiger partial charge in [0.1, 0.15) is 11.6 Å². The van der Waals surface area contributed by atoms with Gasteiger partial charge in [-0.2, -0.15) is 0 Å². The van der Waals surface area contributed by atoms with Crippen LogP contribution in [0.2, 0.25) is 5.02 Å². The third kappa shape index (κ3) is 2.38. The highest BCUT2D eigenvalue weighted by Crippen LogP contribution is 2.34. The summed E-state index contributed by atoms with van der Waals surface area (Å²) in [6.07, 6.45) is 0. The van der Waals surface area contributed by atoms with Crippen LogP contribution in [0.4, 0.5) is 8.78 Å². The third-order valence-electron chi connectivity index (χ3n) is 3.58. The van der Waals surface area contributed by atoms with E-state index in [1.807, 2.05) is 30.3 Å². The van der Waals surface area contributed by atoms with Gasteiger partial charge in [0.2, 0.25) is 0 Å². The summed E-state index contributed by atoms with van der Waals surface area (Å²) in [4.78, 5) is 4.37. The minimum Gasteiger partial charge on any atom is -0.247 e. The molecule has 0 atom stereocenters. The Labute approximate surface area is 131 Å². The topological polar surface area (TPSA) is 12.9 Å². The average molecular weight is 316 g/mol. The maximum absolute atomic E-state index is 14.0. The summed E-state index contributed by atoms with van der Waals surface area (Å²) in [5.41, 5.74) is 2.87. The second-order valence-corrected chi connectivity index (χ2v) is 5.40. The molecule has 0 bridgehead atoms. The molecular formula is C18H12ClF2N. The van der Waals surface area contributed by atoms with Crippen molar-refractivity contribution in [2.24, 2.45) is 0 Å². The number of aromatic nitrogens is 1. The van der Waals surface area contributed by atoms with Crippen LogP contribution in [-0.4, -0.2) is 4.98 Å². The summed E-state index contributed by atoms with van der Waals surface area (Å²) in [5, 5.41) is 0.361. The van der Waals surface area contributed by atoms with E-state index < -0.39 is 11.6 Å². The first-order valence-electron chi connectivity index (χ1n) is 6.68. The molecule has 0 unspecified atom stereocenters. The molecule has 1 nitrogen and oxygen atoms in total. The summed E-state index contributed by atoms with van der Waals surface area (Å²) in [5.74, 6) is -1.40. The maximum Gasteiger partial charge on any atom is 0.137 e. The minimum atomic E-state index is -0.715. The van der Waals surface area contributed by atoms with Crippen molar-refractivity contribution < 1.29 is 8.78 Å². The molecule has 2 aromatic carbocycles. The molecule has 1 heterocycles. The van der Waals surface area contributed by atoms with E-state index in [1.54, 1.807) is 6.92 Å². The third-order valence-corrected chi connectivity index (χ3v) is 4.05. The van der Waals surface area contributed by atoms with E-state index in [2.05, 4.69) is 11.6 Å². The Balaban J connectivity index is 2.28. The second-order valence-electron chi connectivity index (χ2n) is 5.03. The number of halogens is 3. The van der Waals surface area contributed by atoms with E-state index in [1.165, 1.54) is 6.07 Å². The molecule has 0 aliphatic carbocycles. The van der Waals surface area contributed by atoms with Gasteiger partial charge < -0.3 is 0 Å². The summed E-state index contributed by atoms with van der Waals surface area (Å²) >= 11 is 6.28. The van der Waals surface area contributed by atoms with Crippen LogP contribution < -0.4 is 0 Å². The van der Waals surface area contributed by atoms with Crippen LogP contribution >= 0.6 is 11.6 Å². The maximum atomic E-state index is 14.0. The van der Waals surface area contributed by atoms with Crippen LogP contribution in [0.1, 0.15) is 16.8 Å². The van der Waals surface area contributed by atoms with Gasteiger partial charge in [0.25, 0.3) is 0 Å². The normalized spacial score (nSPS) is 10.9. The molecule has 110 valence electrons. The standard InChI is InChI=1S/C18H12ClF2N/c1-10(12-6-4-3-5-7-12)18-11(2)17(19)16-14(21)8-13(20)9-15(16)22-18/h3-9H,1H2,2H3. The van der Waals surface area contributed by atoms with Crippen LogP contribution in [-0.2, 0) is 0 Å². The lowest BCUT2D eigenvalue weighted by molar-refractivity contribution is 0.591. The van der Waals surface area contributed by atoms with Gasteiger partial charge in [-0.1, -0.05) is 48.5 Å². The molecule has 0 aliphatic rings. The molecule has 22 heavy (non-hydrogen) atoms. The van der Waals surface area contributed by atoms with E-state index in [0.29, 0.717) is 16.8 Å². The summed E-state index contributed by atoms with van der Waals surface area (Å²) < 4.78 is 27.4. The van der Waals surface area contributed by atoms with Gasteiger partial charge in [-0.3, -0.25) is 0 Å². The van der Waals surface area contributed by atoms with Crippen molar-refractivity contribution in [3.05, 3.63) is 82.5 Å². The lowest BCUT2D eigenvalue weighted by atomic mass is 9.99. The predicted octanol–water partition coefficient (Wildman–Crippen LogP) is 5.54. The SMILES string of the molecule is C=C(c1ccccc1)c1nc2cc(F)cc(F)c2c(Cl)c1C. The van der Waals surface area contributed by atoms with Gasteiger partial charge in [0.05, 0.1) is 21.6 Å². The molecule has 4 heteroatoms.